The first kappa shape index (κ1) is 21.4. The predicted molar refractivity (Wildman–Crippen MR) is 117 cm³/mol. The van der Waals surface area contributed by atoms with Crippen molar-refractivity contribution in [2.24, 2.45) is 4.99 Å². The smallest absolute Gasteiger partial charge is 0.225 e. The maximum absolute atomic E-state index is 12.5. The van der Waals surface area contributed by atoms with Gasteiger partial charge in [-0.25, -0.2) is 9.97 Å². The molecule has 160 valence electrons. The van der Waals surface area contributed by atoms with E-state index < -0.39 is 0 Å². The predicted octanol–water partition coefficient (Wildman–Crippen LogP) is 0.889. The van der Waals surface area contributed by atoms with Crippen molar-refractivity contribution < 1.29 is 9.53 Å². The molecule has 0 atom stereocenters. The van der Waals surface area contributed by atoms with Gasteiger partial charge >= 0.3 is 0 Å². The standard InChI is InChI=1S/C21H29N7O2/c1-22-20(26-16-17-4-6-18(30-2)7-5-17)23-11-8-19(29)27-12-14-28(15-13-27)21-24-9-3-10-25-21/h3-7,9-10H,8,11-16H2,1-2H3,(H2,22,23,26). The van der Waals surface area contributed by atoms with E-state index in [4.69, 9.17) is 4.74 Å². The highest BCUT2D eigenvalue weighted by Gasteiger charge is 2.22. The van der Waals surface area contributed by atoms with Crippen LogP contribution in [0.3, 0.4) is 0 Å². The second-order valence-electron chi connectivity index (χ2n) is 6.87. The molecule has 1 aliphatic rings. The van der Waals surface area contributed by atoms with Crippen LogP contribution >= 0.6 is 0 Å². The Hall–Kier alpha value is -3.36. The number of aliphatic imine (C=N–C) groups is 1. The van der Waals surface area contributed by atoms with Crippen molar-refractivity contribution >= 4 is 17.8 Å². The van der Waals surface area contributed by atoms with Gasteiger partial charge in [0.1, 0.15) is 5.75 Å². The van der Waals surface area contributed by atoms with E-state index in [-0.39, 0.29) is 5.91 Å². The number of rotatable bonds is 7. The van der Waals surface area contributed by atoms with Crippen molar-refractivity contribution in [1.29, 1.82) is 0 Å². The molecule has 0 aliphatic carbocycles. The van der Waals surface area contributed by atoms with Crippen LogP contribution in [0, 0.1) is 0 Å². The third-order valence-corrected chi connectivity index (χ3v) is 4.94. The number of guanidine groups is 1. The van der Waals surface area contributed by atoms with Gasteiger partial charge in [-0.3, -0.25) is 9.79 Å². The van der Waals surface area contributed by atoms with Gasteiger partial charge in [0.2, 0.25) is 11.9 Å². The number of carbonyl (C=O) groups excluding carboxylic acids is 1. The van der Waals surface area contributed by atoms with Crippen LogP contribution in [0.15, 0.2) is 47.7 Å². The molecule has 1 aliphatic heterocycles. The van der Waals surface area contributed by atoms with E-state index in [1.807, 2.05) is 29.2 Å². The van der Waals surface area contributed by atoms with Gasteiger partial charge in [-0.2, -0.15) is 0 Å². The summed E-state index contributed by atoms with van der Waals surface area (Å²) in [5.41, 5.74) is 1.12. The Labute approximate surface area is 177 Å². The Morgan fingerprint density at radius 1 is 1.10 bits per heavy atom. The van der Waals surface area contributed by atoms with Crippen LogP contribution in [0.2, 0.25) is 0 Å². The lowest BCUT2D eigenvalue weighted by atomic mass is 10.2. The summed E-state index contributed by atoms with van der Waals surface area (Å²) >= 11 is 0. The number of nitrogens with one attached hydrogen (secondary N) is 2. The molecule has 0 spiro atoms. The van der Waals surface area contributed by atoms with Gasteiger partial charge in [-0.1, -0.05) is 12.1 Å². The fourth-order valence-corrected chi connectivity index (χ4v) is 3.21. The quantitative estimate of drug-likeness (QED) is 0.516. The highest BCUT2D eigenvalue weighted by Crippen LogP contribution is 2.11. The van der Waals surface area contributed by atoms with Gasteiger partial charge in [0.05, 0.1) is 7.11 Å². The lowest BCUT2D eigenvalue weighted by molar-refractivity contribution is -0.131. The number of benzene rings is 1. The zero-order valence-corrected chi connectivity index (χ0v) is 17.5. The molecule has 30 heavy (non-hydrogen) atoms. The first-order valence-electron chi connectivity index (χ1n) is 10.1. The molecule has 1 amide bonds. The highest BCUT2D eigenvalue weighted by molar-refractivity contribution is 5.81. The zero-order valence-electron chi connectivity index (χ0n) is 17.5. The highest BCUT2D eigenvalue weighted by atomic mass is 16.5. The average molecular weight is 412 g/mol. The molecule has 2 N–H and O–H groups in total. The first-order chi connectivity index (χ1) is 14.7. The van der Waals surface area contributed by atoms with Crippen LogP contribution < -0.4 is 20.3 Å². The molecule has 9 nitrogen and oxygen atoms in total. The molecule has 2 aromatic rings. The van der Waals surface area contributed by atoms with E-state index in [2.05, 4.69) is 30.5 Å². The number of methoxy groups -OCH3 is 1. The number of hydrogen-bond donors (Lipinski definition) is 2. The molecule has 1 aromatic heterocycles. The molecule has 0 radical (unpaired) electrons. The van der Waals surface area contributed by atoms with Gasteiger partial charge in [0, 0.05) is 65.1 Å². The van der Waals surface area contributed by atoms with Crippen LogP contribution in [0.5, 0.6) is 5.75 Å². The summed E-state index contributed by atoms with van der Waals surface area (Å²) in [5.74, 6) is 2.36. The molecule has 9 heteroatoms. The Balaban J connectivity index is 1.36. The van der Waals surface area contributed by atoms with Crippen LogP contribution in [-0.4, -0.2) is 73.6 Å². The largest absolute Gasteiger partial charge is 0.497 e. The van der Waals surface area contributed by atoms with Crippen molar-refractivity contribution in [3.63, 3.8) is 0 Å². The summed E-state index contributed by atoms with van der Waals surface area (Å²) < 4.78 is 5.17. The summed E-state index contributed by atoms with van der Waals surface area (Å²) in [6.45, 7) is 4.02. The Bertz CT molecular complexity index is 819. The summed E-state index contributed by atoms with van der Waals surface area (Å²) in [7, 11) is 3.37. The van der Waals surface area contributed by atoms with Crippen molar-refractivity contribution in [3.8, 4) is 5.75 Å². The second-order valence-corrected chi connectivity index (χ2v) is 6.87. The topological polar surface area (TPSA) is 95.0 Å². The fraction of sp³-hybridized carbons (Fsp3) is 0.429. The lowest BCUT2D eigenvalue weighted by Crippen LogP contribution is -2.50. The van der Waals surface area contributed by atoms with Gasteiger partial charge in [0.25, 0.3) is 0 Å². The second kappa shape index (κ2) is 11.0. The van der Waals surface area contributed by atoms with Crippen LogP contribution in [-0.2, 0) is 11.3 Å². The third kappa shape index (κ3) is 6.07. The lowest BCUT2D eigenvalue weighted by Gasteiger charge is -2.34. The number of ether oxygens (including phenoxy) is 1. The monoisotopic (exact) mass is 411 g/mol. The number of carbonyl (C=O) groups is 1. The van der Waals surface area contributed by atoms with Gasteiger partial charge < -0.3 is 25.2 Å². The maximum Gasteiger partial charge on any atom is 0.225 e. The van der Waals surface area contributed by atoms with Gasteiger partial charge in [-0.05, 0) is 23.8 Å². The number of amides is 1. The van der Waals surface area contributed by atoms with Gasteiger partial charge in [0.15, 0.2) is 5.96 Å². The first-order valence-corrected chi connectivity index (χ1v) is 10.1. The summed E-state index contributed by atoms with van der Waals surface area (Å²) in [6.07, 6.45) is 3.90. The number of anilines is 1. The van der Waals surface area contributed by atoms with E-state index in [0.717, 1.165) is 30.4 Å². The Morgan fingerprint density at radius 3 is 2.43 bits per heavy atom. The molecule has 2 heterocycles. The van der Waals surface area contributed by atoms with E-state index in [1.165, 1.54) is 0 Å². The molecule has 1 saturated heterocycles. The molecule has 0 saturated carbocycles. The number of hydrogen-bond acceptors (Lipinski definition) is 6. The minimum atomic E-state index is 0.140. The number of nitrogens with zero attached hydrogens (tertiary/aromatic N) is 5. The molecular weight excluding hydrogens is 382 g/mol. The zero-order chi connectivity index (χ0) is 21.2. The van der Waals surface area contributed by atoms with E-state index >= 15 is 0 Å². The van der Waals surface area contributed by atoms with Gasteiger partial charge in [-0.15, -0.1) is 0 Å². The van der Waals surface area contributed by atoms with E-state index in [1.54, 1.807) is 32.6 Å². The molecule has 1 aromatic carbocycles. The number of aromatic nitrogens is 2. The third-order valence-electron chi connectivity index (χ3n) is 4.94. The minimum Gasteiger partial charge on any atom is -0.497 e. The average Bonchev–Trinajstić information content (AvgIpc) is 2.82. The van der Waals surface area contributed by atoms with Crippen molar-refractivity contribution in [2.45, 2.75) is 13.0 Å². The fourth-order valence-electron chi connectivity index (χ4n) is 3.21. The molecular formula is C21H29N7O2. The summed E-state index contributed by atoms with van der Waals surface area (Å²) in [4.78, 5) is 29.3. The van der Waals surface area contributed by atoms with Crippen LogP contribution in [0.4, 0.5) is 5.95 Å². The Morgan fingerprint density at radius 2 is 1.80 bits per heavy atom. The molecule has 0 unspecified atom stereocenters. The van der Waals surface area contributed by atoms with Crippen LogP contribution in [0.1, 0.15) is 12.0 Å². The van der Waals surface area contributed by atoms with E-state index in [9.17, 15) is 4.79 Å². The molecule has 0 bridgehead atoms. The van der Waals surface area contributed by atoms with E-state index in [0.29, 0.717) is 38.6 Å². The van der Waals surface area contributed by atoms with Crippen LogP contribution in [0.25, 0.3) is 0 Å². The minimum absolute atomic E-state index is 0.140. The van der Waals surface area contributed by atoms with Crippen molar-refractivity contribution in [2.75, 3.05) is 51.8 Å². The normalized spacial score (nSPS) is 14.4. The summed E-state index contributed by atoms with van der Waals surface area (Å²) in [6, 6.07) is 9.66. The number of piperazine rings is 1. The SMILES string of the molecule is CN=C(NCCC(=O)N1CCN(c2ncccn2)CC1)NCc1ccc(OC)cc1. The van der Waals surface area contributed by atoms with Crippen molar-refractivity contribution in [3.05, 3.63) is 48.3 Å². The van der Waals surface area contributed by atoms with Crippen molar-refractivity contribution in [1.82, 2.24) is 25.5 Å². The molecule has 3 rings (SSSR count). The summed E-state index contributed by atoms with van der Waals surface area (Å²) in [5, 5.41) is 6.46. The maximum atomic E-state index is 12.5. The molecule has 1 fully saturated rings. The Kier molecular flexibility index (Phi) is 7.82.